The topological polar surface area (TPSA) is 94.2 Å². The van der Waals surface area contributed by atoms with Gasteiger partial charge >= 0.3 is 0 Å². The summed E-state index contributed by atoms with van der Waals surface area (Å²) in [5.74, 6) is -0.563. The van der Waals surface area contributed by atoms with Crippen molar-refractivity contribution < 1.29 is 9.72 Å². The number of hydrogen-bond acceptors (Lipinski definition) is 4. The van der Waals surface area contributed by atoms with Gasteiger partial charge in [-0.3, -0.25) is 19.7 Å². The maximum Gasteiger partial charge on any atom is 0.269 e. The monoisotopic (exact) mass is 363 g/mol. The number of nitrogens with zero attached hydrogens (tertiary/aromatic N) is 2. The number of non-ortho nitro benzene ring substituents is 1. The Balaban J connectivity index is 1.80. The largest absolute Gasteiger partial charge is 0.322 e. The lowest BCUT2D eigenvalue weighted by Gasteiger charge is -2.09. The molecule has 136 valence electrons. The van der Waals surface area contributed by atoms with E-state index in [1.807, 2.05) is 31.2 Å². The number of amides is 1. The van der Waals surface area contributed by atoms with E-state index >= 15 is 0 Å². The van der Waals surface area contributed by atoms with Crippen molar-refractivity contribution in [2.75, 3.05) is 5.32 Å². The Kier molecular flexibility index (Phi) is 5.12. The van der Waals surface area contributed by atoms with E-state index in [2.05, 4.69) is 5.32 Å². The fourth-order valence-corrected chi connectivity index (χ4v) is 2.59. The van der Waals surface area contributed by atoms with Crippen LogP contribution in [0.1, 0.15) is 21.5 Å². The highest BCUT2D eigenvalue weighted by Crippen LogP contribution is 2.16. The average molecular weight is 363 g/mol. The Morgan fingerprint density at radius 1 is 1.07 bits per heavy atom. The van der Waals surface area contributed by atoms with Crippen molar-refractivity contribution in [3.63, 3.8) is 0 Å². The van der Waals surface area contributed by atoms with Gasteiger partial charge in [0.15, 0.2) is 0 Å². The van der Waals surface area contributed by atoms with E-state index in [1.165, 1.54) is 34.9 Å². The summed E-state index contributed by atoms with van der Waals surface area (Å²) >= 11 is 0. The maximum atomic E-state index is 12.6. The molecule has 1 amide bonds. The molecule has 7 nitrogen and oxygen atoms in total. The smallest absolute Gasteiger partial charge is 0.269 e. The normalized spacial score (nSPS) is 10.4. The van der Waals surface area contributed by atoms with Gasteiger partial charge in [0.1, 0.15) is 5.56 Å². The molecular formula is C20H17N3O4. The standard InChI is InChI=1S/C20H17N3O4/c1-14-4-6-15(7-5-14)13-22-12-2-3-18(20(22)25)19(24)21-16-8-10-17(11-9-16)23(26)27/h2-12H,13H2,1H3,(H,21,24). The van der Waals surface area contributed by atoms with E-state index in [4.69, 9.17) is 0 Å². The molecule has 3 rings (SSSR count). The highest BCUT2D eigenvalue weighted by atomic mass is 16.6. The molecule has 0 spiro atoms. The zero-order valence-electron chi connectivity index (χ0n) is 14.6. The number of benzene rings is 2. The van der Waals surface area contributed by atoms with Crippen LogP contribution in [-0.2, 0) is 6.54 Å². The minimum absolute atomic E-state index is 0.00274. The highest BCUT2D eigenvalue weighted by molar-refractivity contribution is 6.04. The van der Waals surface area contributed by atoms with Crippen molar-refractivity contribution >= 4 is 17.3 Å². The van der Waals surface area contributed by atoms with Gasteiger partial charge < -0.3 is 9.88 Å². The third-order valence-corrected chi connectivity index (χ3v) is 4.07. The molecule has 0 aliphatic heterocycles. The summed E-state index contributed by atoms with van der Waals surface area (Å²) in [4.78, 5) is 35.2. The summed E-state index contributed by atoms with van der Waals surface area (Å²) < 4.78 is 1.47. The van der Waals surface area contributed by atoms with Gasteiger partial charge in [-0.05, 0) is 36.8 Å². The van der Waals surface area contributed by atoms with E-state index in [9.17, 15) is 19.7 Å². The molecular weight excluding hydrogens is 346 g/mol. The van der Waals surface area contributed by atoms with Gasteiger partial charge in [0.25, 0.3) is 17.2 Å². The fourth-order valence-electron chi connectivity index (χ4n) is 2.59. The molecule has 0 saturated heterocycles. The Morgan fingerprint density at radius 3 is 2.37 bits per heavy atom. The summed E-state index contributed by atoms with van der Waals surface area (Å²) in [6.45, 7) is 2.34. The maximum absolute atomic E-state index is 12.6. The first-order valence-corrected chi connectivity index (χ1v) is 8.25. The summed E-state index contributed by atoms with van der Waals surface area (Å²) in [6.07, 6.45) is 1.63. The first-order valence-electron chi connectivity index (χ1n) is 8.25. The molecule has 2 aromatic carbocycles. The number of carbonyl (C=O) groups is 1. The predicted molar refractivity (Wildman–Crippen MR) is 102 cm³/mol. The van der Waals surface area contributed by atoms with E-state index in [0.29, 0.717) is 12.2 Å². The van der Waals surface area contributed by atoms with Gasteiger partial charge in [-0.2, -0.15) is 0 Å². The molecule has 0 atom stereocenters. The zero-order chi connectivity index (χ0) is 19.4. The van der Waals surface area contributed by atoms with Crippen LogP contribution in [0.5, 0.6) is 0 Å². The molecule has 0 fully saturated rings. The number of aryl methyl sites for hydroxylation is 1. The lowest BCUT2D eigenvalue weighted by atomic mass is 10.1. The number of carbonyl (C=O) groups excluding carboxylic acids is 1. The first kappa shape index (κ1) is 18.1. The first-order chi connectivity index (χ1) is 12.9. The van der Waals surface area contributed by atoms with Crippen molar-refractivity contribution in [1.82, 2.24) is 4.57 Å². The SMILES string of the molecule is Cc1ccc(Cn2cccc(C(=O)Nc3ccc([N+](=O)[O-])cc3)c2=O)cc1. The quantitative estimate of drug-likeness (QED) is 0.555. The van der Waals surface area contributed by atoms with Gasteiger partial charge in [0.05, 0.1) is 11.5 Å². The molecule has 0 bridgehead atoms. The average Bonchev–Trinajstić information content (AvgIpc) is 2.65. The van der Waals surface area contributed by atoms with Crippen LogP contribution < -0.4 is 10.9 Å². The van der Waals surface area contributed by atoms with E-state index in [0.717, 1.165) is 11.1 Å². The lowest BCUT2D eigenvalue weighted by molar-refractivity contribution is -0.384. The second-order valence-corrected chi connectivity index (χ2v) is 6.10. The number of hydrogen-bond donors (Lipinski definition) is 1. The lowest BCUT2D eigenvalue weighted by Crippen LogP contribution is -2.29. The van der Waals surface area contributed by atoms with Crippen LogP contribution in [0, 0.1) is 17.0 Å². The predicted octanol–water partition coefficient (Wildman–Crippen LogP) is 3.37. The Bertz CT molecular complexity index is 1040. The molecule has 1 heterocycles. The van der Waals surface area contributed by atoms with Crippen LogP contribution in [-0.4, -0.2) is 15.4 Å². The van der Waals surface area contributed by atoms with E-state index < -0.39 is 16.4 Å². The molecule has 1 N–H and O–H groups in total. The van der Waals surface area contributed by atoms with Crippen LogP contribution in [0.2, 0.25) is 0 Å². The summed E-state index contributed by atoms with van der Waals surface area (Å²) in [7, 11) is 0. The van der Waals surface area contributed by atoms with Crippen LogP contribution >= 0.6 is 0 Å². The van der Waals surface area contributed by atoms with Gasteiger partial charge in [-0.15, -0.1) is 0 Å². The molecule has 27 heavy (non-hydrogen) atoms. The van der Waals surface area contributed by atoms with Crippen LogP contribution in [0.25, 0.3) is 0 Å². The molecule has 0 radical (unpaired) electrons. The van der Waals surface area contributed by atoms with Gasteiger partial charge in [-0.1, -0.05) is 29.8 Å². The van der Waals surface area contributed by atoms with Crippen molar-refractivity contribution in [2.45, 2.75) is 13.5 Å². The van der Waals surface area contributed by atoms with Gasteiger partial charge in [-0.25, -0.2) is 0 Å². The number of nitrogens with one attached hydrogen (secondary N) is 1. The minimum atomic E-state index is -0.563. The molecule has 1 aromatic heterocycles. The number of pyridine rings is 1. The van der Waals surface area contributed by atoms with Gasteiger partial charge in [0, 0.05) is 24.0 Å². The number of nitro benzene ring substituents is 1. The second kappa shape index (κ2) is 7.65. The van der Waals surface area contributed by atoms with Crippen molar-refractivity contribution in [1.29, 1.82) is 0 Å². The van der Waals surface area contributed by atoms with Crippen LogP contribution in [0.4, 0.5) is 11.4 Å². The Labute approximate surface area is 155 Å². The summed E-state index contributed by atoms with van der Waals surface area (Å²) in [5, 5.41) is 13.3. The molecule has 0 aliphatic rings. The fraction of sp³-hybridized carbons (Fsp3) is 0.100. The van der Waals surface area contributed by atoms with Crippen LogP contribution in [0.15, 0.2) is 71.7 Å². The Hall–Kier alpha value is -3.74. The Morgan fingerprint density at radius 2 is 1.74 bits per heavy atom. The van der Waals surface area contributed by atoms with Crippen molar-refractivity contribution in [3.8, 4) is 0 Å². The molecule has 0 saturated carbocycles. The van der Waals surface area contributed by atoms with Crippen molar-refractivity contribution in [3.05, 3.63) is 104 Å². The third-order valence-electron chi connectivity index (χ3n) is 4.07. The molecule has 7 heteroatoms. The third kappa shape index (κ3) is 4.27. The van der Waals surface area contributed by atoms with Crippen LogP contribution in [0.3, 0.4) is 0 Å². The second-order valence-electron chi connectivity index (χ2n) is 6.10. The minimum Gasteiger partial charge on any atom is -0.322 e. The van der Waals surface area contributed by atoms with Crippen molar-refractivity contribution in [2.24, 2.45) is 0 Å². The number of rotatable bonds is 5. The number of aromatic nitrogens is 1. The summed E-state index contributed by atoms with van der Waals surface area (Å²) in [5.41, 5.74) is 1.98. The number of nitro groups is 1. The van der Waals surface area contributed by atoms with E-state index in [1.54, 1.807) is 12.3 Å². The van der Waals surface area contributed by atoms with Gasteiger partial charge in [0.2, 0.25) is 0 Å². The molecule has 0 unspecified atom stereocenters. The highest BCUT2D eigenvalue weighted by Gasteiger charge is 2.13. The van der Waals surface area contributed by atoms with E-state index in [-0.39, 0.29) is 11.3 Å². The number of anilines is 1. The molecule has 0 aliphatic carbocycles. The zero-order valence-corrected chi connectivity index (χ0v) is 14.6. The molecule has 3 aromatic rings. The summed E-state index contributed by atoms with van der Waals surface area (Å²) in [6, 6.07) is 16.3.